The molecule has 0 radical (unpaired) electrons. The standard InChI is InChI=1S/C20H27N3S/c1-15(2)16-10-12-18(13-11-16)22-20(24)21-14-19(23(3)4)17-8-6-5-7-9-17/h5-13,15,19H,14H2,1-4H3,(H2,21,22,24)/t19-/m1/s1. The highest BCUT2D eigenvalue weighted by Gasteiger charge is 2.14. The Morgan fingerprint density at radius 3 is 2.12 bits per heavy atom. The van der Waals surface area contributed by atoms with Crippen LogP contribution >= 0.6 is 12.2 Å². The zero-order chi connectivity index (χ0) is 17.5. The number of thiocarbonyl (C=S) groups is 1. The first kappa shape index (κ1) is 18.4. The van der Waals surface area contributed by atoms with Crippen LogP contribution in [-0.2, 0) is 0 Å². The van der Waals surface area contributed by atoms with Crippen molar-refractivity contribution in [3.8, 4) is 0 Å². The summed E-state index contributed by atoms with van der Waals surface area (Å²) in [7, 11) is 4.17. The van der Waals surface area contributed by atoms with Gasteiger partial charge >= 0.3 is 0 Å². The number of hydrogen-bond acceptors (Lipinski definition) is 2. The number of rotatable bonds is 6. The quantitative estimate of drug-likeness (QED) is 0.762. The third-order valence-corrected chi connectivity index (χ3v) is 4.35. The Morgan fingerprint density at radius 1 is 0.958 bits per heavy atom. The molecule has 0 fully saturated rings. The first-order valence-electron chi connectivity index (χ1n) is 8.33. The number of nitrogens with one attached hydrogen (secondary N) is 2. The van der Waals surface area contributed by atoms with Crippen LogP contribution in [0.4, 0.5) is 5.69 Å². The van der Waals surface area contributed by atoms with Gasteiger partial charge in [0.2, 0.25) is 0 Å². The molecule has 4 heteroatoms. The highest BCUT2D eigenvalue weighted by Crippen LogP contribution is 2.18. The van der Waals surface area contributed by atoms with Gasteiger partial charge in [0.25, 0.3) is 0 Å². The van der Waals surface area contributed by atoms with Crippen LogP contribution in [0.1, 0.15) is 36.9 Å². The summed E-state index contributed by atoms with van der Waals surface area (Å²) >= 11 is 5.43. The molecule has 0 amide bonds. The molecule has 0 aliphatic carbocycles. The van der Waals surface area contributed by atoms with Crippen molar-refractivity contribution >= 4 is 23.0 Å². The Labute approximate surface area is 151 Å². The minimum atomic E-state index is 0.272. The SMILES string of the molecule is CC(C)c1ccc(NC(=S)NC[C@H](c2ccccc2)N(C)C)cc1. The van der Waals surface area contributed by atoms with Crippen LogP contribution in [-0.4, -0.2) is 30.7 Å². The molecule has 0 bridgehead atoms. The number of anilines is 1. The average Bonchev–Trinajstić information content (AvgIpc) is 2.56. The van der Waals surface area contributed by atoms with Crippen molar-refractivity contribution in [2.45, 2.75) is 25.8 Å². The minimum Gasteiger partial charge on any atom is -0.361 e. The van der Waals surface area contributed by atoms with Gasteiger partial charge in [-0.05, 0) is 55.5 Å². The Balaban J connectivity index is 1.91. The fourth-order valence-corrected chi connectivity index (χ4v) is 2.79. The van der Waals surface area contributed by atoms with E-state index in [4.69, 9.17) is 12.2 Å². The van der Waals surface area contributed by atoms with E-state index in [1.807, 2.05) is 6.07 Å². The zero-order valence-corrected chi connectivity index (χ0v) is 15.7. The second-order valence-electron chi connectivity index (χ2n) is 6.50. The van der Waals surface area contributed by atoms with Crippen LogP contribution in [0.15, 0.2) is 54.6 Å². The van der Waals surface area contributed by atoms with Gasteiger partial charge in [-0.15, -0.1) is 0 Å². The van der Waals surface area contributed by atoms with E-state index in [1.165, 1.54) is 11.1 Å². The summed E-state index contributed by atoms with van der Waals surface area (Å²) in [5, 5.41) is 7.23. The van der Waals surface area contributed by atoms with E-state index in [9.17, 15) is 0 Å². The molecule has 0 unspecified atom stereocenters. The van der Waals surface area contributed by atoms with Crippen LogP contribution in [0.2, 0.25) is 0 Å². The Morgan fingerprint density at radius 2 is 1.58 bits per heavy atom. The van der Waals surface area contributed by atoms with Gasteiger partial charge in [0.05, 0.1) is 6.04 Å². The van der Waals surface area contributed by atoms with Crippen molar-refractivity contribution in [1.29, 1.82) is 0 Å². The molecule has 0 saturated carbocycles. The lowest BCUT2D eigenvalue weighted by Gasteiger charge is -2.25. The molecule has 2 aromatic rings. The predicted octanol–water partition coefficient (Wildman–Crippen LogP) is 4.40. The number of likely N-dealkylation sites (N-methyl/N-ethyl adjacent to an activating group) is 1. The van der Waals surface area contributed by atoms with E-state index < -0.39 is 0 Å². The average molecular weight is 342 g/mol. The maximum atomic E-state index is 5.43. The monoisotopic (exact) mass is 341 g/mol. The first-order valence-corrected chi connectivity index (χ1v) is 8.74. The molecule has 128 valence electrons. The van der Waals surface area contributed by atoms with Crippen LogP contribution in [0.25, 0.3) is 0 Å². The van der Waals surface area contributed by atoms with Crippen LogP contribution < -0.4 is 10.6 Å². The van der Waals surface area contributed by atoms with E-state index in [1.54, 1.807) is 0 Å². The maximum Gasteiger partial charge on any atom is 0.170 e. The largest absolute Gasteiger partial charge is 0.361 e. The van der Waals surface area contributed by atoms with Gasteiger partial charge in [-0.2, -0.15) is 0 Å². The van der Waals surface area contributed by atoms with Crippen molar-refractivity contribution < 1.29 is 0 Å². The molecule has 1 atom stereocenters. The predicted molar refractivity (Wildman–Crippen MR) is 108 cm³/mol. The van der Waals surface area contributed by atoms with E-state index in [0.717, 1.165) is 12.2 Å². The van der Waals surface area contributed by atoms with Gasteiger partial charge in [0.15, 0.2) is 5.11 Å². The molecule has 2 rings (SSSR count). The smallest absolute Gasteiger partial charge is 0.170 e. The molecule has 0 spiro atoms. The van der Waals surface area contributed by atoms with Crippen molar-refractivity contribution in [3.63, 3.8) is 0 Å². The third kappa shape index (κ3) is 5.32. The van der Waals surface area contributed by atoms with Gasteiger partial charge in [-0.1, -0.05) is 56.3 Å². The summed E-state index contributed by atoms with van der Waals surface area (Å²) in [5.41, 5.74) is 3.62. The molecule has 24 heavy (non-hydrogen) atoms. The molecule has 3 nitrogen and oxygen atoms in total. The van der Waals surface area contributed by atoms with Crippen LogP contribution in [0, 0.1) is 0 Å². The van der Waals surface area contributed by atoms with Crippen molar-refractivity contribution in [3.05, 3.63) is 65.7 Å². The van der Waals surface area contributed by atoms with E-state index in [-0.39, 0.29) is 6.04 Å². The summed E-state index contributed by atoms with van der Waals surface area (Å²) in [4.78, 5) is 2.20. The molecule has 0 aliphatic heterocycles. The molecule has 0 heterocycles. The molecule has 2 N–H and O–H groups in total. The van der Waals surface area contributed by atoms with Gasteiger partial charge in [-0.25, -0.2) is 0 Å². The molecule has 0 saturated heterocycles. The van der Waals surface area contributed by atoms with Crippen molar-refractivity contribution in [1.82, 2.24) is 10.2 Å². The maximum absolute atomic E-state index is 5.43. The summed E-state index contributed by atoms with van der Waals surface area (Å²) in [6.45, 7) is 5.14. The number of nitrogens with zero attached hydrogens (tertiary/aromatic N) is 1. The summed E-state index contributed by atoms with van der Waals surface area (Å²) in [6, 6.07) is 19.2. The molecular weight excluding hydrogens is 314 g/mol. The zero-order valence-electron chi connectivity index (χ0n) is 14.9. The van der Waals surface area contributed by atoms with Gasteiger partial charge in [-0.3, -0.25) is 0 Å². The van der Waals surface area contributed by atoms with Crippen LogP contribution in [0.3, 0.4) is 0 Å². The first-order chi connectivity index (χ1) is 11.5. The van der Waals surface area contributed by atoms with E-state index in [0.29, 0.717) is 11.0 Å². The molecular formula is C20H27N3S. The third-order valence-electron chi connectivity index (χ3n) is 4.10. The van der Waals surface area contributed by atoms with Crippen molar-refractivity contribution in [2.24, 2.45) is 0 Å². The Hall–Kier alpha value is -1.91. The summed E-state index contributed by atoms with van der Waals surface area (Å²) in [6.07, 6.45) is 0. The molecule has 2 aromatic carbocycles. The fourth-order valence-electron chi connectivity index (χ4n) is 2.59. The van der Waals surface area contributed by atoms with Gasteiger partial charge in [0, 0.05) is 12.2 Å². The molecule has 0 aromatic heterocycles. The van der Waals surface area contributed by atoms with E-state index >= 15 is 0 Å². The van der Waals surface area contributed by atoms with Crippen LogP contribution in [0.5, 0.6) is 0 Å². The van der Waals surface area contributed by atoms with E-state index in [2.05, 4.69) is 92.0 Å². The van der Waals surface area contributed by atoms with Gasteiger partial charge in [0.1, 0.15) is 0 Å². The number of hydrogen-bond donors (Lipinski definition) is 2. The highest BCUT2D eigenvalue weighted by atomic mass is 32.1. The Kier molecular flexibility index (Phi) is 6.76. The number of benzene rings is 2. The van der Waals surface area contributed by atoms with Crippen molar-refractivity contribution in [2.75, 3.05) is 26.0 Å². The molecule has 0 aliphatic rings. The lowest BCUT2D eigenvalue weighted by molar-refractivity contribution is 0.299. The normalized spacial score (nSPS) is 12.2. The lowest BCUT2D eigenvalue weighted by atomic mass is 10.0. The summed E-state index contributed by atoms with van der Waals surface area (Å²) < 4.78 is 0. The van der Waals surface area contributed by atoms with Gasteiger partial charge < -0.3 is 15.5 Å². The second-order valence-corrected chi connectivity index (χ2v) is 6.91. The lowest BCUT2D eigenvalue weighted by Crippen LogP contribution is -2.36. The Bertz CT molecular complexity index is 636. The fraction of sp³-hybridized carbons (Fsp3) is 0.350. The second kappa shape index (κ2) is 8.81. The summed E-state index contributed by atoms with van der Waals surface area (Å²) in [5.74, 6) is 0.538. The topological polar surface area (TPSA) is 27.3 Å². The highest BCUT2D eigenvalue weighted by molar-refractivity contribution is 7.80. The minimum absolute atomic E-state index is 0.272.